The Labute approximate surface area is 157 Å². The summed E-state index contributed by atoms with van der Waals surface area (Å²) >= 11 is 1.65. The first-order valence-electron chi connectivity index (χ1n) is 8.46. The van der Waals surface area contributed by atoms with Gasteiger partial charge in [-0.2, -0.15) is 5.26 Å². The van der Waals surface area contributed by atoms with Gasteiger partial charge in [-0.15, -0.1) is 11.8 Å². The molecule has 1 amide bonds. The molecule has 0 spiro atoms. The first-order chi connectivity index (χ1) is 12.7. The summed E-state index contributed by atoms with van der Waals surface area (Å²) in [5.41, 5.74) is 1.42. The molecule has 7 heteroatoms. The summed E-state index contributed by atoms with van der Waals surface area (Å²) in [5.74, 6) is 0.722. The smallest absolute Gasteiger partial charge is 0.238 e. The van der Waals surface area contributed by atoms with E-state index >= 15 is 0 Å². The van der Waals surface area contributed by atoms with Gasteiger partial charge in [0.15, 0.2) is 0 Å². The molecule has 0 unspecified atom stereocenters. The lowest BCUT2D eigenvalue weighted by atomic mass is 10.2. The summed E-state index contributed by atoms with van der Waals surface area (Å²) in [5, 5.41) is 12.2. The van der Waals surface area contributed by atoms with Crippen molar-refractivity contribution in [3.05, 3.63) is 48.2 Å². The Morgan fingerprint density at radius 3 is 2.81 bits per heavy atom. The number of hydrogen-bond donors (Lipinski definition) is 1. The van der Waals surface area contributed by atoms with Gasteiger partial charge in [0, 0.05) is 43.0 Å². The third-order valence-electron chi connectivity index (χ3n) is 4.30. The van der Waals surface area contributed by atoms with E-state index in [1.54, 1.807) is 30.1 Å². The molecule has 2 heterocycles. The lowest BCUT2D eigenvalue weighted by molar-refractivity contribution is -0.117. The number of amides is 1. The Kier molecular flexibility index (Phi) is 6.10. The van der Waals surface area contributed by atoms with Gasteiger partial charge in [-0.1, -0.05) is 6.07 Å². The maximum Gasteiger partial charge on any atom is 0.238 e. The summed E-state index contributed by atoms with van der Waals surface area (Å²) in [6.07, 6.45) is 3.72. The van der Waals surface area contributed by atoms with Crippen LogP contribution in [0.1, 0.15) is 5.56 Å². The van der Waals surface area contributed by atoms with Crippen molar-refractivity contribution in [3.63, 3.8) is 0 Å². The van der Waals surface area contributed by atoms with Crippen LogP contribution in [-0.4, -0.2) is 54.8 Å². The highest BCUT2D eigenvalue weighted by atomic mass is 32.2. The molecular formula is C19H21N5OS. The van der Waals surface area contributed by atoms with E-state index in [2.05, 4.69) is 26.2 Å². The van der Waals surface area contributed by atoms with Gasteiger partial charge in [-0.25, -0.2) is 4.98 Å². The molecule has 0 bridgehead atoms. The molecule has 1 aromatic carbocycles. The van der Waals surface area contributed by atoms with E-state index < -0.39 is 0 Å². The molecule has 1 fully saturated rings. The second kappa shape index (κ2) is 8.70. The van der Waals surface area contributed by atoms with E-state index in [4.69, 9.17) is 0 Å². The molecule has 0 radical (unpaired) electrons. The van der Waals surface area contributed by atoms with Crippen LogP contribution in [0.4, 0.5) is 11.5 Å². The number of nitriles is 1. The molecule has 2 aromatic rings. The van der Waals surface area contributed by atoms with Crippen molar-refractivity contribution in [2.45, 2.75) is 4.90 Å². The number of carbonyl (C=O) groups excluding carboxylic acids is 1. The number of hydrogen-bond acceptors (Lipinski definition) is 6. The molecule has 0 atom stereocenters. The van der Waals surface area contributed by atoms with Crippen molar-refractivity contribution in [1.29, 1.82) is 5.26 Å². The van der Waals surface area contributed by atoms with E-state index in [0.717, 1.165) is 42.6 Å². The van der Waals surface area contributed by atoms with Crippen molar-refractivity contribution < 1.29 is 4.79 Å². The minimum atomic E-state index is -0.00717. The van der Waals surface area contributed by atoms with Crippen LogP contribution in [-0.2, 0) is 4.79 Å². The second-order valence-corrected chi connectivity index (χ2v) is 6.91. The van der Waals surface area contributed by atoms with Crippen LogP contribution in [0.5, 0.6) is 0 Å². The third kappa shape index (κ3) is 4.54. The molecular weight excluding hydrogens is 346 g/mol. The standard InChI is InChI=1S/C19H21N5OS/c1-26-17-6-2-5-16(12-17)22-18(25)14-23-8-10-24(11-9-23)19-15(13-20)4-3-7-21-19/h2-7,12H,8-11,14H2,1H3,(H,22,25). The van der Waals surface area contributed by atoms with Gasteiger partial charge in [-0.3, -0.25) is 9.69 Å². The zero-order valence-corrected chi connectivity index (χ0v) is 15.5. The van der Waals surface area contributed by atoms with Gasteiger partial charge in [0.1, 0.15) is 11.9 Å². The number of nitrogens with zero attached hydrogens (tertiary/aromatic N) is 4. The molecule has 1 aliphatic rings. The van der Waals surface area contributed by atoms with Gasteiger partial charge < -0.3 is 10.2 Å². The van der Waals surface area contributed by atoms with Gasteiger partial charge in [0.25, 0.3) is 0 Å². The monoisotopic (exact) mass is 367 g/mol. The van der Waals surface area contributed by atoms with Gasteiger partial charge in [0.05, 0.1) is 12.1 Å². The van der Waals surface area contributed by atoms with Gasteiger partial charge in [0.2, 0.25) is 5.91 Å². The maximum absolute atomic E-state index is 12.3. The third-order valence-corrected chi connectivity index (χ3v) is 5.03. The minimum absolute atomic E-state index is 0.00717. The van der Waals surface area contributed by atoms with Crippen LogP contribution in [0.3, 0.4) is 0 Å². The Bertz CT molecular complexity index is 812. The molecule has 1 saturated heterocycles. The van der Waals surface area contributed by atoms with E-state index in [1.807, 2.05) is 30.5 Å². The molecule has 1 aliphatic heterocycles. The van der Waals surface area contributed by atoms with E-state index in [1.165, 1.54) is 0 Å². The fourth-order valence-electron chi connectivity index (χ4n) is 2.96. The Morgan fingerprint density at radius 1 is 1.27 bits per heavy atom. The zero-order valence-electron chi connectivity index (χ0n) is 14.7. The number of anilines is 2. The first-order valence-corrected chi connectivity index (χ1v) is 9.68. The number of pyridine rings is 1. The molecule has 3 rings (SSSR count). The minimum Gasteiger partial charge on any atom is -0.353 e. The molecule has 6 nitrogen and oxygen atoms in total. The molecule has 1 aromatic heterocycles. The highest BCUT2D eigenvalue weighted by molar-refractivity contribution is 7.98. The highest BCUT2D eigenvalue weighted by Gasteiger charge is 2.21. The van der Waals surface area contributed by atoms with Crippen LogP contribution in [0.2, 0.25) is 0 Å². The topological polar surface area (TPSA) is 72.3 Å². The fourth-order valence-corrected chi connectivity index (χ4v) is 3.42. The normalized spacial score (nSPS) is 14.7. The largest absolute Gasteiger partial charge is 0.353 e. The second-order valence-electron chi connectivity index (χ2n) is 6.03. The quantitative estimate of drug-likeness (QED) is 0.819. The fraction of sp³-hybridized carbons (Fsp3) is 0.316. The van der Waals surface area contributed by atoms with Crippen molar-refractivity contribution in [2.75, 3.05) is 49.2 Å². The lowest BCUT2D eigenvalue weighted by Gasteiger charge is -2.35. The van der Waals surface area contributed by atoms with Crippen molar-refractivity contribution in [3.8, 4) is 6.07 Å². The number of aromatic nitrogens is 1. The van der Waals surface area contributed by atoms with Crippen molar-refractivity contribution in [1.82, 2.24) is 9.88 Å². The van der Waals surface area contributed by atoms with Crippen molar-refractivity contribution >= 4 is 29.2 Å². The van der Waals surface area contributed by atoms with E-state index in [9.17, 15) is 10.1 Å². The Morgan fingerprint density at radius 2 is 2.08 bits per heavy atom. The van der Waals surface area contributed by atoms with Gasteiger partial charge >= 0.3 is 0 Å². The van der Waals surface area contributed by atoms with Crippen LogP contribution < -0.4 is 10.2 Å². The molecule has 134 valence electrons. The molecule has 0 aliphatic carbocycles. The predicted molar refractivity (Wildman–Crippen MR) is 104 cm³/mol. The molecule has 0 saturated carbocycles. The average Bonchev–Trinajstić information content (AvgIpc) is 2.68. The number of carbonyl (C=O) groups is 1. The summed E-state index contributed by atoms with van der Waals surface area (Å²) in [7, 11) is 0. The molecule has 26 heavy (non-hydrogen) atoms. The van der Waals surface area contributed by atoms with Crippen LogP contribution in [0.25, 0.3) is 0 Å². The van der Waals surface area contributed by atoms with Crippen LogP contribution >= 0.6 is 11.8 Å². The van der Waals surface area contributed by atoms with Crippen LogP contribution in [0.15, 0.2) is 47.5 Å². The Hall–Kier alpha value is -2.56. The van der Waals surface area contributed by atoms with Gasteiger partial charge in [-0.05, 0) is 36.6 Å². The SMILES string of the molecule is CSc1cccc(NC(=O)CN2CCN(c3ncccc3C#N)CC2)c1. The summed E-state index contributed by atoms with van der Waals surface area (Å²) in [6.45, 7) is 3.39. The number of benzene rings is 1. The van der Waals surface area contributed by atoms with E-state index in [-0.39, 0.29) is 5.91 Å². The average molecular weight is 367 g/mol. The number of rotatable bonds is 5. The number of thioether (sulfide) groups is 1. The van der Waals surface area contributed by atoms with Crippen molar-refractivity contribution in [2.24, 2.45) is 0 Å². The summed E-state index contributed by atoms with van der Waals surface area (Å²) in [4.78, 5) is 22.0. The Balaban J connectivity index is 1.52. The molecule has 1 N–H and O–H groups in total. The lowest BCUT2D eigenvalue weighted by Crippen LogP contribution is -2.49. The maximum atomic E-state index is 12.3. The number of piperazine rings is 1. The summed E-state index contributed by atoms with van der Waals surface area (Å²) < 4.78 is 0. The highest BCUT2D eigenvalue weighted by Crippen LogP contribution is 2.20. The predicted octanol–water partition coefficient (Wildman–Crippen LogP) is 2.44. The van der Waals surface area contributed by atoms with Crippen LogP contribution in [0, 0.1) is 11.3 Å². The number of nitrogens with one attached hydrogen (secondary N) is 1. The first kappa shape index (κ1) is 18.2. The summed E-state index contributed by atoms with van der Waals surface area (Å²) in [6, 6.07) is 13.6. The van der Waals surface area contributed by atoms with E-state index in [0.29, 0.717) is 12.1 Å². The zero-order chi connectivity index (χ0) is 18.4.